The van der Waals surface area contributed by atoms with E-state index < -0.39 is 0 Å². The van der Waals surface area contributed by atoms with Crippen molar-refractivity contribution < 1.29 is 9.53 Å². The van der Waals surface area contributed by atoms with E-state index in [0.717, 1.165) is 25.1 Å². The molecular formula is C23H29N7O2. The predicted octanol–water partition coefficient (Wildman–Crippen LogP) is 3.34. The average molecular weight is 436 g/mol. The van der Waals surface area contributed by atoms with Gasteiger partial charge in [-0.3, -0.25) is 9.69 Å². The highest BCUT2D eigenvalue weighted by Gasteiger charge is 2.23. The number of amides is 1. The fourth-order valence-electron chi connectivity index (χ4n) is 3.92. The second kappa shape index (κ2) is 9.04. The fraction of sp³-hybridized carbons (Fsp3) is 0.435. The van der Waals surface area contributed by atoms with Crippen LogP contribution in [0, 0.1) is 0 Å². The van der Waals surface area contributed by atoms with Crippen LogP contribution in [-0.2, 0) is 13.0 Å². The Morgan fingerprint density at radius 1 is 1.12 bits per heavy atom. The molecule has 1 amide bonds. The van der Waals surface area contributed by atoms with Gasteiger partial charge in [-0.2, -0.15) is 0 Å². The number of carbonyl (C=O) groups excluding carboxylic acids is 1. The molecule has 0 atom stereocenters. The van der Waals surface area contributed by atoms with Gasteiger partial charge < -0.3 is 10.1 Å². The zero-order chi connectivity index (χ0) is 22.8. The smallest absolute Gasteiger partial charge is 0.260 e. The summed E-state index contributed by atoms with van der Waals surface area (Å²) in [5.74, 6) is 1.28. The fourth-order valence-corrected chi connectivity index (χ4v) is 3.92. The monoisotopic (exact) mass is 435 g/mol. The Kier molecular flexibility index (Phi) is 6.18. The highest BCUT2D eigenvalue weighted by molar-refractivity contribution is 6.06. The van der Waals surface area contributed by atoms with Gasteiger partial charge in [0, 0.05) is 19.1 Å². The summed E-state index contributed by atoms with van der Waals surface area (Å²) in [5.41, 5.74) is 3.48. The Bertz CT molecular complexity index is 1120. The first-order valence-electron chi connectivity index (χ1n) is 10.9. The normalized spacial score (nSPS) is 14.0. The van der Waals surface area contributed by atoms with E-state index in [4.69, 9.17) is 4.74 Å². The molecule has 1 aromatic carbocycles. The molecule has 168 valence electrons. The zero-order valence-electron chi connectivity index (χ0n) is 19.2. The third-order valence-corrected chi connectivity index (χ3v) is 5.74. The quantitative estimate of drug-likeness (QED) is 0.634. The van der Waals surface area contributed by atoms with Gasteiger partial charge in [0.15, 0.2) is 0 Å². The van der Waals surface area contributed by atoms with Crippen LogP contribution >= 0.6 is 0 Å². The molecule has 4 rings (SSSR count). The van der Waals surface area contributed by atoms with Crippen molar-refractivity contribution in [1.82, 2.24) is 30.1 Å². The first-order valence-corrected chi connectivity index (χ1v) is 10.9. The second-order valence-electron chi connectivity index (χ2n) is 8.54. The summed E-state index contributed by atoms with van der Waals surface area (Å²) in [4.78, 5) is 20.1. The minimum atomic E-state index is -0.264. The first kappa shape index (κ1) is 21.9. The summed E-state index contributed by atoms with van der Waals surface area (Å²) >= 11 is 0. The van der Waals surface area contributed by atoms with Crippen molar-refractivity contribution in [3.63, 3.8) is 0 Å². The largest absolute Gasteiger partial charge is 0.496 e. The number of methoxy groups -OCH3 is 1. The minimum absolute atomic E-state index is 0.0882. The van der Waals surface area contributed by atoms with Crippen LogP contribution in [0.4, 0.5) is 5.82 Å². The number of pyridine rings is 1. The van der Waals surface area contributed by atoms with Crippen molar-refractivity contribution in [2.45, 2.75) is 52.7 Å². The van der Waals surface area contributed by atoms with Gasteiger partial charge in [0.2, 0.25) is 5.82 Å². The number of fused-ring (bicyclic) bond motifs is 1. The zero-order valence-corrected chi connectivity index (χ0v) is 19.2. The molecule has 3 heterocycles. The highest BCUT2D eigenvalue weighted by Crippen LogP contribution is 2.29. The molecule has 0 radical (unpaired) electrons. The van der Waals surface area contributed by atoms with Gasteiger partial charge in [-0.25, -0.2) is 9.67 Å². The molecule has 1 aliphatic heterocycles. The van der Waals surface area contributed by atoms with Crippen LogP contribution in [0.15, 0.2) is 30.3 Å². The van der Waals surface area contributed by atoms with Gasteiger partial charge in [-0.15, -0.1) is 5.10 Å². The molecule has 9 nitrogen and oxygen atoms in total. The second-order valence-corrected chi connectivity index (χ2v) is 8.54. The summed E-state index contributed by atoms with van der Waals surface area (Å²) in [7, 11) is 1.59. The maximum absolute atomic E-state index is 13.2. The minimum Gasteiger partial charge on any atom is -0.496 e. The standard InChI is InChI=1S/C23H29N7O2/c1-14(2)29-10-9-16-12-20(32-5)18(11-17(16)13-29)23(31)25-21-8-6-7-19(24-21)22-26-27-28-30(22)15(3)4/h6-8,11-12,14-15H,9-10,13H2,1-5H3,(H,24,25,31). The molecule has 9 heteroatoms. The number of tetrazole rings is 1. The number of hydrogen-bond acceptors (Lipinski definition) is 7. The Morgan fingerprint density at radius 3 is 2.66 bits per heavy atom. The molecule has 0 bridgehead atoms. The molecule has 1 aliphatic rings. The van der Waals surface area contributed by atoms with E-state index in [1.807, 2.05) is 38.1 Å². The molecule has 0 aliphatic carbocycles. The molecule has 2 aromatic heterocycles. The summed E-state index contributed by atoms with van der Waals surface area (Å²) in [6.07, 6.45) is 0.944. The molecule has 0 saturated carbocycles. The Labute approximate surface area is 187 Å². The maximum atomic E-state index is 13.2. The summed E-state index contributed by atoms with van der Waals surface area (Å²) in [6.45, 7) is 10.2. The van der Waals surface area contributed by atoms with E-state index in [0.29, 0.717) is 34.7 Å². The van der Waals surface area contributed by atoms with Crippen LogP contribution in [0.2, 0.25) is 0 Å². The predicted molar refractivity (Wildman–Crippen MR) is 122 cm³/mol. The third kappa shape index (κ3) is 4.34. The van der Waals surface area contributed by atoms with E-state index in [9.17, 15) is 4.79 Å². The van der Waals surface area contributed by atoms with Crippen LogP contribution in [0.3, 0.4) is 0 Å². The first-order chi connectivity index (χ1) is 15.4. The summed E-state index contributed by atoms with van der Waals surface area (Å²) in [5, 5.41) is 14.8. The average Bonchev–Trinajstić information content (AvgIpc) is 3.28. The van der Waals surface area contributed by atoms with Gasteiger partial charge in [0.25, 0.3) is 5.91 Å². The summed E-state index contributed by atoms with van der Waals surface area (Å²) < 4.78 is 7.24. The number of carbonyl (C=O) groups is 1. The van der Waals surface area contributed by atoms with E-state index in [2.05, 4.69) is 44.6 Å². The maximum Gasteiger partial charge on any atom is 0.260 e. The highest BCUT2D eigenvalue weighted by atomic mass is 16.5. The molecule has 0 unspecified atom stereocenters. The lowest BCUT2D eigenvalue weighted by Crippen LogP contribution is -2.36. The number of nitrogens with one attached hydrogen (secondary N) is 1. The summed E-state index contributed by atoms with van der Waals surface area (Å²) in [6, 6.07) is 9.87. The molecule has 32 heavy (non-hydrogen) atoms. The van der Waals surface area contributed by atoms with E-state index in [-0.39, 0.29) is 11.9 Å². The number of benzene rings is 1. The number of anilines is 1. The number of ether oxygens (including phenoxy) is 1. The van der Waals surface area contributed by atoms with Crippen LogP contribution in [0.1, 0.15) is 55.2 Å². The lowest BCUT2D eigenvalue weighted by Gasteiger charge is -2.32. The van der Waals surface area contributed by atoms with E-state index in [1.165, 1.54) is 5.56 Å². The number of rotatable bonds is 6. The van der Waals surface area contributed by atoms with Gasteiger partial charge in [-0.1, -0.05) is 6.07 Å². The van der Waals surface area contributed by atoms with Crippen molar-refractivity contribution in [3.8, 4) is 17.3 Å². The Balaban J connectivity index is 1.61. The molecule has 3 aromatic rings. The van der Waals surface area contributed by atoms with E-state index in [1.54, 1.807) is 17.9 Å². The molecular weight excluding hydrogens is 406 g/mol. The van der Waals surface area contributed by atoms with Crippen molar-refractivity contribution in [3.05, 3.63) is 47.0 Å². The molecule has 0 spiro atoms. The SMILES string of the molecule is COc1cc2c(cc1C(=O)Nc1cccc(-c3nnnn3C(C)C)n1)CN(C(C)C)CC2. The van der Waals surface area contributed by atoms with Crippen molar-refractivity contribution >= 4 is 11.7 Å². The van der Waals surface area contributed by atoms with Crippen LogP contribution in [-0.4, -0.2) is 55.7 Å². The third-order valence-electron chi connectivity index (χ3n) is 5.74. The number of hydrogen-bond donors (Lipinski definition) is 1. The van der Waals surface area contributed by atoms with Crippen LogP contribution < -0.4 is 10.1 Å². The number of aromatic nitrogens is 5. The van der Waals surface area contributed by atoms with Crippen molar-refractivity contribution in [2.24, 2.45) is 0 Å². The Hall–Kier alpha value is -3.33. The van der Waals surface area contributed by atoms with Gasteiger partial charge in [-0.05, 0) is 79.9 Å². The molecule has 0 saturated heterocycles. The molecule has 1 N–H and O–H groups in total. The lowest BCUT2D eigenvalue weighted by atomic mass is 9.95. The van der Waals surface area contributed by atoms with Crippen LogP contribution in [0.5, 0.6) is 5.75 Å². The molecule has 0 fully saturated rings. The topological polar surface area (TPSA) is 98.1 Å². The van der Waals surface area contributed by atoms with E-state index >= 15 is 0 Å². The lowest BCUT2D eigenvalue weighted by molar-refractivity contribution is 0.102. The van der Waals surface area contributed by atoms with Crippen LogP contribution in [0.25, 0.3) is 11.5 Å². The van der Waals surface area contributed by atoms with Crippen molar-refractivity contribution in [2.75, 3.05) is 19.0 Å². The Morgan fingerprint density at radius 2 is 1.94 bits per heavy atom. The van der Waals surface area contributed by atoms with Gasteiger partial charge >= 0.3 is 0 Å². The van der Waals surface area contributed by atoms with Crippen molar-refractivity contribution in [1.29, 1.82) is 0 Å². The van der Waals surface area contributed by atoms with Gasteiger partial charge in [0.1, 0.15) is 17.3 Å². The van der Waals surface area contributed by atoms with Gasteiger partial charge in [0.05, 0.1) is 18.7 Å². The number of nitrogens with zero attached hydrogens (tertiary/aromatic N) is 6.